The molecule has 0 saturated carbocycles. The summed E-state index contributed by atoms with van der Waals surface area (Å²) in [5.74, 6) is -2.17. The maximum atomic E-state index is 13.4. The first kappa shape index (κ1) is 25.3. The van der Waals surface area contributed by atoms with Gasteiger partial charge in [-0.1, -0.05) is 17.4 Å². The Bertz CT molecular complexity index is 1530. The minimum absolute atomic E-state index is 0.0189. The number of carbonyl (C=O) groups is 3. The van der Waals surface area contributed by atoms with Crippen LogP contribution in [0.15, 0.2) is 42.0 Å². The molecule has 0 spiro atoms. The molecular weight excluding hydrogens is 512 g/mol. The molecule has 2 unspecified atom stereocenters. The Morgan fingerprint density at radius 1 is 1.18 bits per heavy atom. The van der Waals surface area contributed by atoms with Crippen LogP contribution in [0, 0.1) is 6.92 Å². The zero-order chi connectivity index (χ0) is 27.3. The van der Waals surface area contributed by atoms with Crippen LogP contribution >= 0.6 is 11.3 Å². The van der Waals surface area contributed by atoms with Crippen LogP contribution in [0.4, 0.5) is 5.13 Å². The highest BCUT2D eigenvalue weighted by Crippen LogP contribution is 2.46. The largest absolute Gasteiger partial charge is 0.507 e. The van der Waals surface area contributed by atoms with Crippen molar-refractivity contribution in [3.63, 3.8) is 0 Å². The SMILES string of the molecule is COC(=O)c1sc(N2C(=O)C(=O)C(=C(O)c3ccc4c(c3)CC(C)O4)C2c2ccc(O)c(OC)c2)nc1C. The van der Waals surface area contributed by atoms with Crippen molar-refractivity contribution in [1.29, 1.82) is 0 Å². The van der Waals surface area contributed by atoms with Crippen molar-refractivity contribution >= 4 is 39.9 Å². The molecule has 1 aromatic heterocycles. The summed E-state index contributed by atoms with van der Waals surface area (Å²) in [5.41, 5.74) is 1.76. The molecule has 2 N–H and O–H groups in total. The molecule has 10 nitrogen and oxygen atoms in total. The molecule has 2 aromatic carbocycles. The molecule has 0 aliphatic carbocycles. The number of aliphatic hydroxyl groups is 1. The van der Waals surface area contributed by atoms with Gasteiger partial charge in [0.1, 0.15) is 22.5 Å². The number of ketones is 1. The number of ether oxygens (including phenoxy) is 3. The van der Waals surface area contributed by atoms with Crippen molar-refractivity contribution in [2.45, 2.75) is 32.4 Å². The number of aliphatic hydroxyl groups excluding tert-OH is 1. The third kappa shape index (κ3) is 4.04. The lowest BCUT2D eigenvalue weighted by Gasteiger charge is -2.23. The van der Waals surface area contributed by atoms with Crippen LogP contribution < -0.4 is 14.4 Å². The number of carbonyl (C=O) groups excluding carboxylic acids is 3. The molecule has 3 heterocycles. The summed E-state index contributed by atoms with van der Waals surface area (Å²) in [6.45, 7) is 3.52. The van der Waals surface area contributed by atoms with Crippen LogP contribution in [0.2, 0.25) is 0 Å². The lowest BCUT2D eigenvalue weighted by molar-refractivity contribution is -0.132. The Morgan fingerprint density at radius 2 is 1.95 bits per heavy atom. The van der Waals surface area contributed by atoms with Gasteiger partial charge in [0, 0.05) is 12.0 Å². The lowest BCUT2D eigenvalue weighted by Crippen LogP contribution is -2.29. The number of phenolic OH excluding ortho intramolecular Hbond substituents is 1. The van der Waals surface area contributed by atoms with Gasteiger partial charge in [0.2, 0.25) is 0 Å². The lowest BCUT2D eigenvalue weighted by atomic mass is 9.94. The fourth-order valence-electron chi connectivity index (χ4n) is 4.70. The fourth-order valence-corrected chi connectivity index (χ4v) is 5.71. The van der Waals surface area contributed by atoms with Crippen LogP contribution in [-0.2, 0) is 20.7 Å². The van der Waals surface area contributed by atoms with Gasteiger partial charge in [0.05, 0.1) is 31.5 Å². The van der Waals surface area contributed by atoms with E-state index >= 15 is 0 Å². The van der Waals surface area contributed by atoms with E-state index in [9.17, 15) is 24.6 Å². The molecule has 0 bridgehead atoms. The molecule has 38 heavy (non-hydrogen) atoms. The number of Topliss-reactive ketones (excluding diaryl/α,β-unsaturated/α-hetero) is 1. The second-order valence-corrected chi connectivity index (χ2v) is 9.94. The number of benzene rings is 2. The van der Waals surface area contributed by atoms with Gasteiger partial charge in [-0.05, 0) is 55.3 Å². The van der Waals surface area contributed by atoms with Gasteiger partial charge in [0.25, 0.3) is 5.78 Å². The van der Waals surface area contributed by atoms with Gasteiger partial charge in [-0.2, -0.15) is 0 Å². The Morgan fingerprint density at radius 3 is 2.66 bits per heavy atom. The number of anilines is 1. The molecule has 11 heteroatoms. The normalized spacial score (nSPS) is 19.8. The number of rotatable bonds is 5. The molecule has 2 aliphatic rings. The van der Waals surface area contributed by atoms with Gasteiger partial charge < -0.3 is 24.4 Å². The van der Waals surface area contributed by atoms with E-state index in [0.29, 0.717) is 29.0 Å². The van der Waals surface area contributed by atoms with E-state index in [1.165, 1.54) is 32.4 Å². The van der Waals surface area contributed by atoms with Crippen LogP contribution in [0.5, 0.6) is 17.2 Å². The zero-order valence-corrected chi connectivity index (χ0v) is 21.8. The minimum atomic E-state index is -1.12. The quantitative estimate of drug-likeness (QED) is 0.215. The summed E-state index contributed by atoms with van der Waals surface area (Å²) < 4.78 is 15.8. The molecule has 5 rings (SSSR count). The highest BCUT2D eigenvalue weighted by molar-refractivity contribution is 7.17. The Kier molecular flexibility index (Phi) is 6.31. The van der Waals surface area contributed by atoms with Gasteiger partial charge in [-0.15, -0.1) is 0 Å². The highest BCUT2D eigenvalue weighted by Gasteiger charge is 2.48. The number of hydrogen-bond acceptors (Lipinski definition) is 10. The van der Waals surface area contributed by atoms with E-state index in [4.69, 9.17) is 14.2 Å². The molecule has 1 amide bonds. The minimum Gasteiger partial charge on any atom is -0.507 e. The molecule has 1 fully saturated rings. The third-order valence-corrected chi connectivity index (χ3v) is 7.63. The van der Waals surface area contributed by atoms with E-state index in [2.05, 4.69) is 4.98 Å². The van der Waals surface area contributed by atoms with E-state index in [1.54, 1.807) is 25.1 Å². The third-order valence-electron chi connectivity index (χ3n) is 6.50. The number of methoxy groups -OCH3 is 2. The molecule has 196 valence electrons. The first-order valence-electron chi connectivity index (χ1n) is 11.7. The highest BCUT2D eigenvalue weighted by atomic mass is 32.1. The van der Waals surface area contributed by atoms with Gasteiger partial charge in [-0.3, -0.25) is 14.5 Å². The number of fused-ring (bicyclic) bond motifs is 1. The molecule has 2 atom stereocenters. The van der Waals surface area contributed by atoms with Crippen molar-refractivity contribution in [2.24, 2.45) is 0 Å². The number of aromatic nitrogens is 1. The molecule has 2 aliphatic heterocycles. The van der Waals surface area contributed by atoms with Gasteiger partial charge in [-0.25, -0.2) is 9.78 Å². The van der Waals surface area contributed by atoms with Crippen molar-refractivity contribution in [3.05, 3.63) is 69.2 Å². The summed E-state index contributed by atoms with van der Waals surface area (Å²) in [6, 6.07) is 8.32. The number of hydrogen-bond donors (Lipinski definition) is 2. The summed E-state index contributed by atoms with van der Waals surface area (Å²) >= 11 is 0.899. The fraction of sp³-hybridized carbons (Fsp3) is 0.259. The number of esters is 1. The second-order valence-electron chi connectivity index (χ2n) is 8.96. The number of amides is 1. The van der Waals surface area contributed by atoms with Crippen molar-refractivity contribution in [3.8, 4) is 17.2 Å². The monoisotopic (exact) mass is 536 g/mol. The zero-order valence-electron chi connectivity index (χ0n) is 21.0. The summed E-state index contributed by atoms with van der Waals surface area (Å²) in [7, 11) is 2.61. The Hall–Kier alpha value is -4.38. The van der Waals surface area contributed by atoms with Gasteiger partial charge >= 0.3 is 11.9 Å². The van der Waals surface area contributed by atoms with Crippen LogP contribution in [0.3, 0.4) is 0 Å². The second kappa shape index (κ2) is 9.49. The summed E-state index contributed by atoms with van der Waals surface area (Å²) in [4.78, 5) is 44.8. The molecule has 0 radical (unpaired) electrons. The maximum Gasteiger partial charge on any atom is 0.350 e. The maximum absolute atomic E-state index is 13.4. The molecule has 3 aromatic rings. The van der Waals surface area contributed by atoms with E-state index in [0.717, 1.165) is 21.8 Å². The molecular formula is C27H24N2O8S. The van der Waals surface area contributed by atoms with E-state index in [1.807, 2.05) is 6.92 Å². The summed E-state index contributed by atoms with van der Waals surface area (Å²) in [6.07, 6.45) is 0.618. The predicted octanol–water partition coefficient (Wildman–Crippen LogP) is 3.90. The standard InChI is InChI=1S/C27H24N2O8S/c1-12-9-16-10-15(6-8-18(16)37-12)22(31)20-21(14-5-7-17(30)19(11-14)35-3)29(25(33)23(20)32)27-28-13(2)24(38-27)26(34)36-4/h5-8,10-12,21,30-31H,9H2,1-4H3. The van der Waals surface area contributed by atoms with Crippen LogP contribution in [-0.4, -0.2) is 53.2 Å². The number of nitrogens with zero attached hydrogens (tertiary/aromatic N) is 2. The number of phenols is 1. The summed E-state index contributed by atoms with van der Waals surface area (Å²) in [5, 5.41) is 21.7. The van der Waals surface area contributed by atoms with E-state index in [-0.39, 0.29) is 38.9 Å². The first-order valence-corrected chi connectivity index (χ1v) is 12.5. The topological polar surface area (TPSA) is 135 Å². The number of thiazole rings is 1. The Balaban J connectivity index is 1.71. The van der Waals surface area contributed by atoms with Crippen molar-refractivity contribution in [2.75, 3.05) is 19.1 Å². The van der Waals surface area contributed by atoms with Crippen molar-refractivity contribution in [1.82, 2.24) is 4.98 Å². The average Bonchev–Trinajstić information content (AvgIpc) is 3.55. The Labute approximate surface area is 221 Å². The van der Waals surface area contributed by atoms with E-state index < -0.39 is 23.7 Å². The number of aromatic hydroxyl groups is 1. The van der Waals surface area contributed by atoms with Gasteiger partial charge in [0.15, 0.2) is 16.6 Å². The van der Waals surface area contributed by atoms with Crippen LogP contribution in [0.25, 0.3) is 5.76 Å². The smallest absolute Gasteiger partial charge is 0.350 e. The number of aryl methyl sites for hydroxylation is 1. The average molecular weight is 537 g/mol. The molecule has 1 saturated heterocycles. The van der Waals surface area contributed by atoms with Crippen molar-refractivity contribution < 1.29 is 38.8 Å². The predicted molar refractivity (Wildman–Crippen MR) is 138 cm³/mol. The van der Waals surface area contributed by atoms with Crippen LogP contribution in [0.1, 0.15) is 45.0 Å². The first-order chi connectivity index (χ1) is 18.1.